The quantitative estimate of drug-likeness (QED) is 0.0979. The van der Waals surface area contributed by atoms with Crippen molar-refractivity contribution in [3.63, 3.8) is 0 Å². The summed E-state index contributed by atoms with van der Waals surface area (Å²) in [5.41, 5.74) is 3.86. The van der Waals surface area contributed by atoms with Gasteiger partial charge in [-0.1, -0.05) is 91.1 Å². The number of amides is 3. The van der Waals surface area contributed by atoms with Crippen LogP contribution in [0.1, 0.15) is 50.9 Å². The Morgan fingerprint density at radius 1 is 0.852 bits per heavy atom. The number of nitrogens with one attached hydrogen (secondary N) is 2. The van der Waals surface area contributed by atoms with Gasteiger partial charge in [0.25, 0.3) is 17.7 Å². The number of carbonyl (C=O) groups is 3. The molecule has 312 valence electrons. The minimum absolute atomic E-state index is 0.0189. The molecule has 4 atom stereocenters. The molecule has 12 nitrogen and oxygen atoms in total. The fourth-order valence-corrected chi connectivity index (χ4v) is 13.3. The van der Waals surface area contributed by atoms with Crippen molar-refractivity contribution in [1.29, 1.82) is 0 Å². The van der Waals surface area contributed by atoms with Crippen LogP contribution in [0.25, 0.3) is 0 Å². The number of benzene rings is 5. The van der Waals surface area contributed by atoms with Gasteiger partial charge in [-0.15, -0.1) is 5.10 Å². The van der Waals surface area contributed by atoms with E-state index in [-0.39, 0.29) is 48.4 Å². The third-order valence-electron chi connectivity index (χ3n) is 12.3. The summed E-state index contributed by atoms with van der Waals surface area (Å²) in [4.78, 5) is 43.7. The van der Waals surface area contributed by atoms with E-state index >= 15 is 4.79 Å². The molecule has 0 unspecified atom stereocenters. The smallest absolute Gasteiger partial charge is 0.264 e. The first-order valence-corrected chi connectivity index (χ1v) is 23.7. The average Bonchev–Trinajstić information content (AvgIpc) is 3.93. The van der Waals surface area contributed by atoms with Crippen LogP contribution in [0.4, 0.5) is 17.1 Å². The minimum atomic E-state index is -2.46. The van der Waals surface area contributed by atoms with Gasteiger partial charge < -0.3 is 30.1 Å². The number of nitrogens with zero attached hydrogens (tertiary/aromatic N) is 4. The highest BCUT2D eigenvalue weighted by Gasteiger charge is 2.66. The van der Waals surface area contributed by atoms with Crippen molar-refractivity contribution in [2.75, 3.05) is 29.3 Å². The first kappa shape index (κ1) is 41.3. The minimum Gasteiger partial charge on any atom is -0.497 e. The number of hydrogen-bond acceptors (Lipinski definition) is 8. The van der Waals surface area contributed by atoms with E-state index in [1.807, 2.05) is 97.2 Å². The van der Waals surface area contributed by atoms with Gasteiger partial charge in [0.1, 0.15) is 5.75 Å². The van der Waals surface area contributed by atoms with E-state index in [1.54, 1.807) is 41.0 Å². The van der Waals surface area contributed by atoms with E-state index in [0.717, 1.165) is 11.3 Å². The molecule has 3 N–H and O–H groups in total. The van der Waals surface area contributed by atoms with Gasteiger partial charge in [0.05, 0.1) is 39.2 Å². The van der Waals surface area contributed by atoms with Crippen LogP contribution in [-0.2, 0) is 34.6 Å². The Bertz CT molecular complexity index is 2510. The monoisotopic (exact) mass is 834 g/mol. The fourth-order valence-electron chi connectivity index (χ4n) is 9.22. The van der Waals surface area contributed by atoms with Gasteiger partial charge in [0, 0.05) is 59.8 Å². The number of aliphatic hydroxyl groups is 1. The van der Waals surface area contributed by atoms with Crippen molar-refractivity contribution < 1.29 is 29.0 Å². The normalized spacial score (nSPS) is 19.5. The number of aromatic nitrogens is 3. The summed E-state index contributed by atoms with van der Waals surface area (Å²) < 4.78 is 14.7. The summed E-state index contributed by atoms with van der Waals surface area (Å²) in [6.07, 6.45) is 2.48. The van der Waals surface area contributed by atoms with Gasteiger partial charge >= 0.3 is 0 Å². The number of anilines is 3. The molecule has 0 aliphatic carbocycles. The molecule has 61 heavy (non-hydrogen) atoms. The maximum Gasteiger partial charge on any atom is 0.264 e. The molecule has 1 fully saturated rings. The highest BCUT2D eigenvalue weighted by molar-refractivity contribution is 6.91. The Labute approximate surface area is 356 Å². The lowest BCUT2D eigenvalue weighted by Gasteiger charge is -2.37. The molecule has 1 saturated heterocycles. The highest BCUT2D eigenvalue weighted by Crippen LogP contribution is 2.60. The zero-order valence-corrected chi connectivity index (χ0v) is 35.7. The lowest BCUT2D eigenvalue weighted by molar-refractivity contribution is -0.146. The first-order valence-electron chi connectivity index (χ1n) is 20.6. The summed E-state index contributed by atoms with van der Waals surface area (Å²) in [6.45, 7) is 7.56. The number of ether oxygens (including phenoxy) is 2. The van der Waals surface area contributed by atoms with E-state index in [1.165, 1.54) is 5.19 Å². The molecular formula is C48H50N6O6Si. The van der Waals surface area contributed by atoms with Crippen LogP contribution in [0.5, 0.6) is 5.75 Å². The number of carbonyl (C=O) groups excluding carboxylic acids is 3. The van der Waals surface area contributed by atoms with Crippen LogP contribution in [0, 0.1) is 5.92 Å². The van der Waals surface area contributed by atoms with Crippen LogP contribution in [0.2, 0.25) is 18.6 Å². The second-order valence-electron chi connectivity index (χ2n) is 16.4. The Kier molecular flexibility index (Phi) is 11.7. The lowest BCUT2D eigenvalue weighted by atomic mass is 9.82. The molecule has 5 aromatic carbocycles. The Hall–Kier alpha value is -6.41. The average molecular weight is 835 g/mol. The van der Waals surface area contributed by atoms with E-state index < -0.39 is 13.7 Å². The third-order valence-corrected chi connectivity index (χ3v) is 16.7. The third kappa shape index (κ3) is 8.11. The van der Waals surface area contributed by atoms with E-state index in [2.05, 4.69) is 53.1 Å². The molecule has 3 heterocycles. The molecule has 6 aromatic rings. The Morgan fingerprint density at radius 2 is 1.48 bits per heavy atom. The van der Waals surface area contributed by atoms with Crippen molar-refractivity contribution in [2.45, 2.75) is 63.2 Å². The molecule has 0 bridgehead atoms. The number of aliphatic hydroxyl groups excluding tert-OH is 1. The lowest BCUT2D eigenvalue weighted by Crippen LogP contribution is -2.51. The maximum absolute atomic E-state index is 15.5. The molecule has 2 aliphatic heterocycles. The van der Waals surface area contributed by atoms with E-state index in [4.69, 9.17) is 9.47 Å². The molecule has 0 radical (unpaired) electrons. The number of hydrogen-bond donors (Lipinski definition) is 3. The predicted molar refractivity (Wildman–Crippen MR) is 238 cm³/mol. The predicted octanol–water partition coefficient (Wildman–Crippen LogP) is 7.18. The largest absolute Gasteiger partial charge is 0.497 e. The summed E-state index contributed by atoms with van der Waals surface area (Å²) in [5, 5.41) is 25.3. The molecule has 3 amide bonds. The Morgan fingerprint density at radius 3 is 2.10 bits per heavy atom. The van der Waals surface area contributed by atoms with Crippen LogP contribution >= 0.6 is 0 Å². The molecular weight excluding hydrogens is 785 g/mol. The molecule has 2 aliphatic rings. The molecule has 1 spiro atoms. The summed E-state index contributed by atoms with van der Waals surface area (Å²) in [7, 11) is -0.800. The molecule has 0 saturated carbocycles. The maximum atomic E-state index is 15.5. The molecule has 13 heteroatoms. The zero-order valence-electron chi connectivity index (χ0n) is 34.7. The summed E-state index contributed by atoms with van der Waals surface area (Å²) >= 11 is 0. The second-order valence-corrected chi connectivity index (χ2v) is 21.0. The van der Waals surface area contributed by atoms with Gasteiger partial charge in [0.2, 0.25) is 0 Å². The number of aryl methyl sites for hydroxylation is 1. The summed E-state index contributed by atoms with van der Waals surface area (Å²) in [5.74, 6) is -0.141. The Balaban J connectivity index is 1.17. The zero-order chi connectivity index (χ0) is 42.7. The molecule has 1 aromatic heterocycles. The van der Waals surface area contributed by atoms with E-state index in [9.17, 15) is 14.7 Å². The topological polar surface area (TPSA) is 148 Å². The second kappa shape index (κ2) is 17.3. The van der Waals surface area contributed by atoms with Crippen LogP contribution < -0.4 is 25.5 Å². The first-order chi connectivity index (χ1) is 29.5. The van der Waals surface area contributed by atoms with Gasteiger partial charge in [-0.3, -0.25) is 19.1 Å². The van der Waals surface area contributed by atoms with Crippen molar-refractivity contribution in [3.8, 4) is 5.75 Å². The standard InChI is InChI=1S/C48H50N6O6Si/c1-32-44(61(3,4)40-22-20-39(59-2)21-23-40)43(25-27-53-31-38(26-28-55)51-52-53)60-48(32)41-29-37(50-46(57)35-13-9-6-10-14-35)19-24-42(41)54(47(48)58)30-33-15-17-36(18-16-33)49-45(56)34-11-7-5-8-12-34/h5-24,29,31-32,43-44,55H,25-28,30H2,1-4H3,(H,49,56)(H,50,57)/t32-,43+,44-,48+/m0/s1. The van der Waals surface area contributed by atoms with Crippen molar-refractivity contribution in [3.05, 3.63) is 162 Å². The van der Waals surface area contributed by atoms with Crippen molar-refractivity contribution >= 4 is 48.0 Å². The number of rotatable bonds is 14. The SMILES string of the molecule is COc1ccc([Si](C)(C)[C@@H]2[C@@H](CCn3cc(CCO)nn3)O[C@]3(C(=O)N(Cc4ccc(NC(=O)c5ccccc5)cc4)c4ccc(NC(=O)c5ccccc5)cc43)[C@H]2C)cc1. The van der Waals surface area contributed by atoms with Crippen LogP contribution in [0.15, 0.2) is 134 Å². The van der Waals surface area contributed by atoms with Crippen LogP contribution in [-0.4, -0.2) is 65.7 Å². The van der Waals surface area contributed by atoms with Crippen molar-refractivity contribution in [2.24, 2.45) is 5.92 Å². The number of fused-ring (bicyclic) bond motifs is 2. The summed E-state index contributed by atoms with van der Waals surface area (Å²) in [6, 6.07) is 39.5. The van der Waals surface area contributed by atoms with Gasteiger partial charge in [-0.25, -0.2) is 0 Å². The highest BCUT2D eigenvalue weighted by atomic mass is 28.3. The fraction of sp³-hybridized carbons (Fsp3) is 0.271. The van der Waals surface area contributed by atoms with Gasteiger partial charge in [-0.2, -0.15) is 0 Å². The number of methoxy groups -OCH3 is 1. The van der Waals surface area contributed by atoms with Crippen molar-refractivity contribution in [1.82, 2.24) is 15.0 Å². The van der Waals surface area contributed by atoms with Gasteiger partial charge in [-0.05, 0) is 84.3 Å². The van der Waals surface area contributed by atoms with Gasteiger partial charge in [0.15, 0.2) is 5.60 Å². The van der Waals surface area contributed by atoms with E-state index in [0.29, 0.717) is 58.8 Å². The molecule has 8 rings (SSSR count). The van der Waals surface area contributed by atoms with Crippen LogP contribution in [0.3, 0.4) is 0 Å².